The van der Waals surface area contributed by atoms with Crippen LogP contribution in [0.25, 0.3) is 0 Å². The summed E-state index contributed by atoms with van der Waals surface area (Å²) in [4.78, 5) is 8.90. The van der Waals surface area contributed by atoms with Gasteiger partial charge < -0.3 is 0 Å². The highest BCUT2D eigenvalue weighted by Gasteiger charge is 2.24. The zero-order chi connectivity index (χ0) is 6.69. The van der Waals surface area contributed by atoms with Gasteiger partial charge in [0.15, 0.2) is 10.9 Å². The summed E-state index contributed by atoms with van der Waals surface area (Å²) >= 11 is 0. The molecule has 0 amide bonds. The van der Waals surface area contributed by atoms with Gasteiger partial charge in [-0.1, -0.05) is 0 Å². The van der Waals surface area contributed by atoms with Gasteiger partial charge in [-0.2, -0.15) is 0 Å². The molecule has 1 aliphatic rings. The lowest BCUT2D eigenvalue weighted by Gasteiger charge is -1.94. The molecule has 52 valence electrons. The molecule has 1 heterocycles. The standard InChI is InChI=1S/C2H6BNO4S/c5-9(6)4-3-1-2-7-8-3/h9H,1-2H2,(H,4,5,6). The van der Waals surface area contributed by atoms with E-state index in [1.807, 2.05) is 0 Å². The molecule has 7 heteroatoms. The van der Waals surface area contributed by atoms with E-state index >= 15 is 0 Å². The largest absolute Gasteiger partial charge is 0.435 e. The zero-order valence-corrected chi connectivity index (χ0v) is 5.47. The molecule has 0 aromatic rings. The van der Waals surface area contributed by atoms with Gasteiger partial charge in [0.25, 0.3) is 0 Å². The van der Waals surface area contributed by atoms with Gasteiger partial charge in [-0.3, -0.25) is 9.69 Å². The topological polar surface area (TPSA) is 64.6 Å². The zero-order valence-electron chi connectivity index (χ0n) is 4.57. The maximum absolute atomic E-state index is 9.95. The maximum atomic E-state index is 9.95. The van der Waals surface area contributed by atoms with Gasteiger partial charge in [0.1, 0.15) is 0 Å². The minimum absolute atomic E-state index is 0.445. The Bertz CT molecular complexity index is 145. The van der Waals surface area contributed by atoms with Crippen molar-refractivity contribution >= 4 is 17.9 Å². The van der Waals surface area contributed by atoms with Crippen molar-refractivity contribution in [1.29, 1.82) is 0 Å². The molecule has 5 nitrogen and oxygen atoms in total. The van der Waals surface area contributed by atoms with Crippen LogP contribution < -0.4 is 4.63 Å². The van der Waals surface area contributed by atoms with Gasteiger partial charge >= 0.3 is 7.05 Å². The Hall–Kier alpha value is -0.105. The smallest absolute Gasteiger partial charge is 0.281 e. The van der Waals surface area contributed by atoms with Crippen molar-refractivity contribution in [2.24, 2.45) is 0 Å². The molecule has 1 saturated heterocycles. The van der Waals surface area contributed by atoms with Gasteiger partial charge in [0.2, 0.25) is 0 Å². The van der Waals surface area contributed by atoms with Crippen LogP contribution in [0.15, 0.2) is 0 Å². The molecule has 0 atom stereocenters. The first-order chi connectivity index (χ1) is 4.29. The summed E-state index contributed by atoms with van der Waals surface area (Å²) in [7, 11) is -3.05. The minimum atomic E-state index is -2.57. The van der Waals surface area contributed by atoms with Crippen LogP contribution in [0.1, 0.15) is 0 Å². The van der Waals surface area contributed by atoms with Crippen LogP contribution in [0.5, 0.6) is 0 Å². The fourth-order valence-electron chi connectivity index (χ4n) is 0.537. The number of hydrogen-bond donors (Lipinski definition) is 2. The Kier molecular flexibility index (Phi) is 2.46. The molecule has 0 aromatic heterocycles. The van der Waals surface area contributed by atoms with Crippen molar-refractivity contribution in [3.63, 3.8) is 0 Å². The Morgan fingerprint density at radius 1 is 1.56 bits per heavy atom. The Labute approximate surface area is 54.5 Å². The van der Waals surface area contributed by atoms with Crippen LogP contribution >= 0.6 is 0 Å². The third kappa shape index (κ3) is 2.31. The third-order valence-corrected chi connectivity index (χ3v) is 1.40. The number of thiol groups is 1. The van der Waals surface area contributed by atoms with Crippen LogP contribution in [-0.4, -0.2) is 22.1 Å². The van der Waals surface area contributed by atoms with Crippen molar-refractivity contribution in [2.45, 2.75) is 6.32 Å². The van der Waals surface area contributed by atoms with E-state index < -0.39 is 17.9 Å². The number of nitrogens with one attached hydrogen (secondary N) is 1. The maximum Gasteiger partial charge on any atom is 0.435 e. The SMILES string of the molecule is O=[SH](=O)NB1CCOO1. The Morgan fingerprint density at radius 3 is 2.78 bits per heavy atom. The summed E-state index contributed by atoms with van der Waals surface area (Å²) in [5, 5.41) is 0. The second-order valence-electron chi connectivity index (χ2n) is 1.58. The summed E-state index contributed by atoms with van der Waals surface area (Å²) in [5.41, 5.74) is 0. The second kappa shape index (κ2) is 3.16. The fourth-order valence-corrected chi connectivity index (χ4v) is 0.944. The first-order valence-electron chi connectivity index (χ1n) is 2.48. The number of hydrogen-bond acceptors (Lipinski definition) is 4. The average molecular weight is 151 g/mol. The summed E-state index contributed by atoms with van der Waals surface area (Å²) < 4.78 is 22.0. The summed E-state index contributed by atoms with van der Waals surface area (Å²) in [6, 6.07) is 0. The molecule has 1 aliphatic heterocycles. The molecule has 9 heavy (non-hydrogen) atoms. The molecule has 1 fully saturated rings. The summed E-state index contributed by atoms with van der Waals surface area (Å²) in [6.07, 6.45) is 0.573. The lowest BCUT2D eigenvalue weighted by molar-refractivity contribution is -0.186. The molecular weight excluding hydrogens is 145 g/mol. The monoisotopic (exact) mass is 151 g/mol. The predicted octanol–water partition coefficient (Wildman–Crippen LogP) is -1.45. The summed E-state index contributed by atoms with van der Waals surface area (Å²) in [6.45, 7) is 0.445. The van der Waals surface area contributed by atoms with Gasteiger partial charge in [-0.25, -0.2) is 13.1 Å². The average Bonchev–Trinajstić information content (AvgIpc) is 2.15. The van der Waals surface area contributed by atoms with Crippen LogP contribution in [0.3, 0.4) is 0 Å². The molecular formula is C2H6BNO4S. The first kappa shape index (κ1) is 7.01. The van der Waals surface area contributed by atoms with E-state index in [-0.39, 0.29) is 0 Å². The Balaban J connectivity index is 2.27. The van der Waals surface area contributed by atoms with Crippen LogP contribution in [-0.2, 0) is 20.6 Å². The van der Waals surface area contributed by atoms with E-state index in [1.54, 1.807) is 0 Å². The summed E-state index contributed by atoms with van der Waals surface area (Å²) in [5.74, 6) is 0. The van der Waals surface area contributed by atoms with Crippen molar-refractivity contribution < 1.29 is 18.1 Å². The molecule has 0 radical (unpaired) electrons. The van der Waals surface area contributed by atoms with Gasteiger partial charge in [-0.05, 0) is 6.32 Å². The highest BCUT2D eigenvalue weighted by atomic mass is 32.2. The lowest BCUT2D eigenvalue weighted by Crippen LogP contribution is -2.31. The van der Waals surface area contributed by atoms with Crippen LogP contribution in [0.2, 0.25) is 6.32 Å². The van der Waals surface area contributed by atoms with Crippen molar-refractivity contribution in [3.05, 3.63) is 0 Å². The van der Waals surface area contributed by atoms with Gasteiger partial charge in [-0.15, -0.1) is 0 Å². The van der Waals surface area contributed by atoms with Gasteiger partial charge in [0, 0.05) is 0 Å². The molecule has 1 N–H and O–H groups in total. The molecule has 1 rings (SSSR count). The van der Waals surface area contributed by atoms with Crippen LogP contribution in [0.4, 0.5) is 0 Å². The molecule has 0 aliphatic carbocycles. The number of rotatable bonds is 2. The van der Waals surface area contributed by atoms with E-state index in [9.17, 15) is 8.42 Å². The molecule has 0 aromatic carbocycles. The minimum Gasteiger partial charge on any atom is -0.281 e. The van der Waals surface area contributed by atoms with E-state index in [4.69, 9.17) is 0 Å². The molecule has 0 spiro atoms. The van der Waals surface area contributed by atoms with E-state index in [0.29, 0.717) is 12.9 Å². The van der Waals surface area contributed by atoms with Crippen molar-refractivity contribution in [2.75, 3.05) is 6.61 Å². The Morgan fingerprint density at radius 2 is 2.33 bits per heavy atom. The normalized spacial score (nSPS) is 19.4. The van der Waals surface area contributed by atoms with E-state index in [1.165, 1.54) is 0 Å². The highest BCUT2D eigenvalue weighted by Crippen LogP contribution is 2.01. The van der Waals surface area contributed by atoms with Gasteiger partial charge in [0.05, 0.1) is 6.61 Å². The predicted molar refractivity (Wildman–Crippen MR) is 31.0 cm³/mol. The second-order valence-corrected chi connectivity index (χ2v) is 2.35. The highest BCUT2D eigenvalue weighted by molar-refractivity contribution is 7.71. The van der Waals surface area contributed by atoms with Crippen molar-refractivity contribution in [1.82, 2.24) is 4.63 Å². The molecule has 0 unspecified atom stereocenters. The third-order valence-electron chi connectivity index (χ3n) is 0.897. The first-order valence-corrected chi connectivity index (χ1v) is 3.65. The van der Waals surface area contributed by atoms with E-state index in [0.717, 1.165) is 0 Å². The van der Waals surface area contributed by atoms with Crippen molar-refractivity contribution in [3.8, 4) is 0 Å². The van der Waals surface area contributed by atoms with Crippen LogP contribution in [0, 0.1) is 0 Å². The molecule has 0 bridgehead atoms. The quantitative estimate of drug-likeness (QED) is 0.288. The van der Waals surface area contributed by atoms with E-state index in [2.05, 4.69) is 14.3 Å². The fraction of sp³-hybridized carbons (Fsp3) is 1.00. The molecule has 0 saturated carbocycles. The lowest BCUT2D eigenvalue weighted by atomic mass is 9.83.